The zero-order valence-electron chi connectivity index (χ0n) is 10.4. The van der Waals surface area contributed by atoms with Crippen molar-refractivity contribution in [2.24, 2.45) is 11.7 Å². The van der Waals surface area contributed by atoms with E-state index in [1.165, 1.54) is 0 Å². The van der Waals surface area contributed by atoms with E-state index in [2.05, 4.69) is 0 Å². The number of nitrogens with two attached hydrogens (primary N) is 1. The number of ketones is 1. The number of benzene rings is 1. The van der Waals surface area contributed by atoms with E-state index >= 15 is 0 Å². The summed E-state index contributed by atoms with van der Waals surface area (Å²) in [4.78, 5) is 12.4. The highest BCUT2D eigenvalue weighted by molar-refractivity contribution is 6.00. The quantitative estimate of drug-likeness (QED) is 0.815. The van der Waals surface area contributed by atoms with Gasteiger partial charge in [-0.15, -0.1) is 0 Å². The van der Waals surface area contributed by atoms with Gasteiger partial charge in [-0.25, -0.2) is 0 Å². The smallest absolute Gasteiger partial charge is 0.169 e. The summed E-state index contributed by atoms with van der Waals surface area (Å²) < 4.78 is 5.26. The van der Waals surface area contributed by atoms with Gasteiger partial charge in [0, 0.05) is 12.0 Å². The van der Waals surface area contributed by atoms with Crippen molar-refractivity contribution in [3.8, 4) is 5.75 Å². The Balaban J connectivity index is 2.26. The third kappa shape index (κ3) is 2.50. The summed E-state index contributed by atoms with van der Waals surface area (Å²) in [5, 5.41) is 0. The van der Waals surface area contributed by atoms with Crippen LogP contribution in [0.5, 0.6) is 5.75 Å². The molecule has 0 aliphatic heterocycles. The van der Waals surface area contributed by atoms with Crippen LogP contribution >= 0.6 is 0 Å². The van der Waals surface area contributed by atoms with E-state index in [0.717, 1.165) is 24.8 Å². The summed E-state index contributed by atoms with van der Waals surface area (Å²) >= 11 is 0. The molecule has 3 heteroatoms. The van der Waals surface area contributed by atoms with Crippen LogP contribution in [0.15, 0.2) is 18.2 Å². The van der Waals surface area contributed by atoms with E-state index in [1.54, 1.807) is 7.11 Å². The fraction of sp³-hybridized carbons (Fsp3) is 0.500. The molecule has 2 rings (SSSR count). The summed E-state index contributed by atoms with van der Waals surface area (Å²) in [6.07, 6.45) is 2.65. The van der Waals surface area contributed by atoms with E-state index < -0.39 is 0 Å². The fourth-order valence-corrected chi connectivity index (χ4v) is 2.49. The molecule has 0 saturated heterocycles. The summed E-state index contributed by atoms with van der Waals surface area (Å²) in [6, 6.07) is 5.90. The van der Waals surface area contributed by atoms with Crippen LogP contribution in [-0.2, 0) is 0 Å². The monoisotopic (exact) mass is 233 g/mol. The molecule has 1 aromatic carbocycles. The van der Waals surface area contributed by atoms with E-state index in [4.69, 9.17) is 10.5 Å². The predicted octanol–water partition coefficient (Wildman–Crippen LogP) is 2.31. The average Bonchev–Trinajstić information content (AvgIpc) is 2.75. The van der Waals surface area contributed by atoms with Gasteiger partial charge in [0.05, 0.1) is 12.7 Å². The number of carbonyl (C=O) groups excluding carboxylic acids is 1. The zero-order chi connectivity index (χ0) is 12.4. The Morgan fingerprint density at radius 3 is 2.76 bits per heavy atom. The van der Waals surface area contributed by atoms with Gasteiger partial charge in [-0.05, 0) is 38.3 Å². The van der Waals surface area contributed by atoms with E-state index in [1.807, 2.05) is 25.1 Å². The number of ether oxygens (including phenoxy) is 1. The number of Topliss-reactive ketones (excluding diaryl/α,β-unsaturated/α-hetero) is 1. The van der Waals surface area contributed by atoms with E-state index in [-0.39, 0.29) is 17.7 Å². The summed E-state index contributed by atoms with van der Waals surface area (Å²) in [6.45, 7) is 1.98. The maximum absolute atomic E-state index is 12.4. The number of hydrogen-bond acceptors (Lipinski definition) is 3. The molecule has 1 aliphatic carbocycles. The van der Waals surface area contributed by atoms with Gasteiger partial charge in [0.1, 0.15) is 5.75 Å². The standard InChI is InChI=1S/C14H19NO2/c1-9-3-6-13(17-2)12(7-9)14(16)10-4-5-11(15)8-10/h3,6-7,10-11H,4-5,8,15H2,1-2H3. The molecule has 1 fully saturated rings. The van der Waals surface area contributed by atoms with Crippen LogP contribution in [0.4, 0.5) is 0 Å². The molecular weight excluding hydrogens is 214 g/mol. The molecular formula is C14H19NO2. The molecule has 2 atom stereocenters. The van der Waals surface area contributed by atoms with Crippen molar-refractivity contribution in [1.29, 1.82) is 0 Å². The Morgan fingerprint density at radius 2 is 2.18 bits per heavy atom. The summed E-state index contributed by atoms with van der Waals surface area (Å²) in [5.41, 5.74) is 7.64. The topological polar surface area (TPSA) is 52.3 Å². The van der Waals surface area contributed by atoms with Crippen molar-refractivity contribution in [2.75, 3.05) is 7.11 Å². The molecule has 0 spiro atoms. The molecule has 0 heterocycles. The second kappa shape index (κ2) is 4.88. The molecule has 0 radical (unpaired) electrons. The Hall–Kier alpha value is -1.35. The Labute approximate surface area is 102 Å². The number of methoxy groups -OCH3 is 1. The normalized spacial score (nSPS) is 23.7. The lowest BCUT2D eigenvalue weighted by Gasteiger charge is -2.12. The lowest BCUT2D eigenvalue weighted by Crippen LogP contribution is -2.18. The van der Waals surface area contributed by atoms with Crippen LogP contribution in [0.2, 0.25) is 0 Å². The highest BCUT2D eigenvalue weighted by Gasteiger charge is 2.29. The number of aryl methyl sites for hydroxylation is 1. The fourth-order valence-electron chi connectivity index (χ4n) is 2.49. The molecule has 0 bridgehead atoms. The first-order chi connectivity index (χ1) is 8.11. The number of rotatable bonds is 3. The van der Waals surface area contributed by atoms with Gasteiger partial charge in [-0.1, -0.05) is 11.6 Å². The lowest BCUT2D eigenvalue weighted by molar-refractivity contribution is 0.0918. The minimum atomic E-state index is 0.0701. The van der Waals surface area contributed by atoms with Gasteiger partial charge in [0.15, 0.2) is 5.78 Å². The molecule has 17 heavy (non-hydrogen) atoms. The second-order valence-corrected chi connectivity index (χ2v) is 4.84. The maximum Gasteiger partial charge on any atom is 0.169 e. The molecule has 92 valence electrons. The first-order valence-corrected chi connectivity index (χ1v) is 6.06. The third-order valence-electron chi connectivity index (χ3n) is 3.46. The molecule has 1 saturated carbocycles. The van der Waals surface area contributed by atoms with Crippen LogP contribution in [0.1, 0.15) is 35.2 Å². The Bertz CT molecular complexity index is 428. The summed E-state index contributed by atoms with van der Waals surface area (Å²) in [5.74, 6) is 0.917. The first-order valence-electron chi connectivity index (χ1n) is 6.06. The van der Waals surface area contributed by atoms with E-state index in [9.17, 15) is 4.79 Å². The molecule has 1 aliphatic rings. The second-order valence-electron chi connectivity index (χ2n) is 4.84. The predicted molar refractivity (Wildman–Crippen MR) is 67.4 cm³/mol. The van der Waals surface area contributed by atoms with Gasteiger partial charge in [0.2, 0.25) is 0 Å². The largest absolute Gasteiger partial charge is 0.496 e. The minimum Gasteiger partial charge on any atom is -0.496 e. The van der Waals surface area contributed by atoms with Gasteiger partial charge < -0.3 is 10.5 Å². The molecule has 3 nitrogen and oxygen atoms in total. The van der Waals surface area contributed by atoms with Gasteiger partial charge in [-0.3, -0.25) is 4.79 Å². The highest BCUT2D eigenvalue weighted by Crippen LogP contribution is 2.31. The lowest BCUT2D eigenvalue weighted by atomic mass is 9.94. The Morgan fingerprint density at radius 1 is 1.41 bits per heavy atom. The van der Waals surface area contributed by atoms with Crippen molar-refractivity contribution in [3.63, 3.8) is 0 Å². The van der Waals surface area contributed by atoms with Gasteiger partial charge in [0.25, 0.3) is 0 Å². The first kappa shape index (κ1) is 12.1. The summed E-state index contributed by atoms with van der Waals surface area (Å²) in [7, 11) is 1.60. The molecule has 0 aromatic heterocycles. The van der Waals surface area contributed by atoms with Crippen molar-refractivity contribution < 1.29 is 9.53 Å². The van der Waals surface area contributed by atoms with Gasteiger partial charge in [-0.2, -0.15) is 0 Å². The number of carbonyl (C=O) groups is 1. The van der Waals surface area contributed by atoms with Crippen LogP contribution in [-0.4, -0.2) is 18.9 Å². The Kier molecular flexibility index (Phi) is 3.48. The number of hydrogen-bond donors (Lipinski definition) is 1. The van der Waals surface area contributed by atoms with E-state index in [0.29, 0.717) is 11.3 Å². The van der Waals surface area contributed by atoms with Crippen molar-refractivity contribution >= 4 is 5.78 Å². The zero-order valence-corrected chi connectivity index (χ0v) is 10.4. The average molecular weight is 233 g/mol. The van der Waals surface area contributed by atoms with Crippen LogP contribution in [0, 0.1) is 12.8 Å². The SMILES string of the molecule is COc1ccc(C)cc1C(=O)C1CCC(N)C1. The third-order valence-corrected chi connectivity index (χ3v) is 3.46. The molecule has 0 amide bonds. The van der Waals surface area contributed by atoms with Crippen molar-refractivity contribution in [2.45, 2.75) is 32.2 Å². The molecule has 2 unspecified atom stereocenters. The van der Waals surface area contributed by atoms with Crippen LogP contribution < -0.4 is 10.5 Å². The molecule has 2 N–H and O–H groups in total. The maximum atomic E-state index is 12.4. The van der Waals surface area contributed by atoms with Crippen LogP contribution in [0.25, 0.3) is 0 Å². The highest BCUT2D eigenvalue weighted by atomic mass is 16.5. The van der Waals surface area contributed by atoms with Crippen LogP contribution in [0.3, 0.4) is 0 Å². The van der Waals surface area contributed by atoms with Crippen molar-refractivity contribution in [1.82, 2.24) is 0 Å². The van der Waals surface area contributed by atoms with Crippen molar-refractivity contribution in [3.05, 3.63) is 29.3 Å². The molecule has 1 aromatic rings. The minimum absolute atomic E-state index is 0.0701. The van der Waals surface area contributed by atoms with Gasteiger partial charge >= 0.3 is 0 Å².